The molecule has 0 fully saturated rings. The summed E-state index contributed by atoms with van der Waals surface area (Å²) in [5.74, 6) is 1.97. The molecule has 7 heteroatoms. The molecule has 0 aliphatic carbocycles. The fraction of sp³-hybridized carbons (Fsp3) is 0.0625. The van der Waals surface area contributed by atoms with Crippen LogP contribution in [0, 0.1) is 0 Å². The van der Waals surface area contributed by atoms with E-state index in [0.29, 0.717) is 12.5 Å². The van der Waals surface area contributed by atoms with Gasteiger partial charge in [0.15, 0.2) is 5.76 Å². The van der Waals surface area contributed by atoms with Gasteiger partial charge in [-0.3, -0.25) is 0 Å². The van der Waals surface area contributed by atoms with Crippen LogP contribution >= 0.6 is 11.3 Å². The molecule has 0 aliphatic heterocycles. The van der Waals surface area contributed by atoms with E-state index in [0.717, 1.165) is 27.6 Å². The second-order valence-electron chi connectivity index (χ2n) is 4.72. The lowest BCUT2D eigenvalue weighted by molar-refractivity contribution is 0.290. The van der Waals surface area contributed by atoms with E-state index < -0.39 is 0 Å². The number of ether oxygens (including phenoxy) is 1. The lowest BCUT2D eigenvalue weighted by Gasteiger charge is -2.03. The molecular formula is C16H11N3O3S. The monoisotopic (exact) mass is 325 g/mol. The summed E-state index contributed by atoms with van der Waals surface area (Å²) >= 11 is 1.61. The van der Waals surface area contributed by atoms with E-state index in [9.17, 15) is 0 Å². The van der Waals surface area contributed by atoms with E-state index in [1.54, 1.807) is 11.3 Å². The summed E-state index contributed by atoms with van der Waals surface area (Å²) in [6, 6.07) is 13.3. The van der Waals surface area contributed by atoms with Gasteiger partial charge >= 0.3 is 0 Å². The molecule has 1 aromatic carbocycles. The van der Waals surface area contributed by atoms with Crippen molar-refractivity contribution >= 4 is 11.3 Å². The lowest BCUT2D eigenvalue weighted by Crippen LogP contribution is -1.95. The Balaban J connectivity index is 1.41. The zero-order chi connectivity index (χ0) is 15.5. The summed E-state index contributed by atoms with van der Waals surface area (Å²) in [4.78, 5) is 1.05. The predicted molar refractivity (Wildman–Crippen MR) is 83.9 cm³/mol. The second-order valence-corrected chi connectivity index (χ2v) is 5.66. The Kier molecular flexibility index (Phi) is 3.61. The van der Waals surface area contributed by atoms with Gasteiger partial charge in [0, 0.05) is 11.6 Å². The number of benzene rings is 1. The Labute approximate surface area is 135 Å². The average Bonchev–Trinajstić information content (AvgIpc) is 3.35. The summed E-state index contributed by atoms with van der Waals surface area (Å²) in [7, 11) is 0. The molecule has 0 atom stereocenters. The van der Waals surface area contributed by atoms with E-state index >= 15 is 0 Å². The Morgan fingerprint density at radius 1 is 1.13 bits per heavy atom. The first-order valence-electron chi connectivity index (χ1n) is 6.87. The summed E-state index contributed by atoms with van der Waals surface area (Å²) in [5, 5.41) is 13.5. The minimum atomic E-state index is 0.342. The molecule has 4 rings (SSSR count). The number of aromatic nitrogens is 3. The van der Waals surface area contributed by atoms with Crippen molar-refractivity contribution in [3.8, 4) is 27.8 Å². The molecule has 0 N–H and O–H groups in total. The van der Waals surface area contributed by atoms with Gasteiger partial charge in [-0.2, -0.15) is 0 Å². The molecule has 0 aliphatic rings. The Morgan fingerprint density at radius 2 is 2.04 bits per heavy atom. The molecule has 114 valence electrons. The molecule has 0 bridgehead atoms. The van der Waals surface area contributed by atoms with E-state index in [1.807, 2.05) is 47.8 Å². The number of thiophene rings is 1. The zero-order valence-electron chi connectivity index (χ0n) is 11.9. The molecule has 4 aromatic rings. The van der Waals surface area contributed by atoms with Crippen LogP contribution in [0.4, 0.5) is 0 Å². The maximum absolute atomic E-state index is 5.71. The fourth-order valence-corrected chi connectivity index (χ4v) is 2.74. The van der Waals surface area contributed by atoms with E-state index in [2.05, 4.69) is 15.4 Å². The smallest absolute Gasteiger partial charge is 0.247 e. The van der Waals surface area contributed by atoms with Gasteiger partial charge in [-0.25, -0.2) is 0 Å². The minimum Gasteiger partial charge on any atom is -0.487 e. The predicted octanol–water partition coefficient (Wildman–Crippen LogP) is 4.03. The summed E-state index contributed by atoms with van der Waals surface area (Å²) in [6.45, 7) is 0.342. The molecule has 0 spiro atoms. The topological polar surface area (TPSA) is 74.2 Å². The molecule has 23 heavy (non-hydrogen) atoms. The first-order valence-corrected chi connectivity index (χ1v) is 7.75. The first kappa shape index (κ1) is 13.7. The quantitative estimate of drug-likeness (QED) is 0.551. The van der Waals surface area contributed by atoms with Gasteiger partial charge in [0.2, 0.25) is 12.3 Å². The van der Waals surface area contributed by atoms with Gasteiger partial charge < -0.3 is 13.7 Å². The molecule has 0 saturated carbocycles. The lowest BCUT2D eigenvalue weighted by atomic mass is 10.2. The molecule has 0 radical (unpaired) electrons. The molecule has 3 aromatic heterocycles. The molecule has 0 amide bonds. The largest absolute Gasteiger partial charge is 0.487 e. The number of rotatable bonds is 5. The van der Waals surface area contributed by atoms with E-state index in [-0.39, 0.29) is 0 Å². The molecular weight excluding hydrogens is 314 g/mol. The summed E-state index contributed by atoms with van der Waals surface area (Å²) in [5.41, 5.74) is 1.59. The van der Waals surface area contributed by atoms with Crippen molar-refractivity contribution in [3.05, 3.63) is 59.9 Å². The number of hydrogen-bond donors (Lipinski definition) is 0. The molecule has 3 heterocycles. The highest BCUT2D eigenvalue weighted by Crippen LogP contribution is 2.26. The Hall–Kier alpha value is -2.93. The molecule has 6 nitrogen and oxygen atoms in total. The van der Waals surface area contributed by atoms with Gasteiger partial charge in [0.05, 0.1) is 4.88 Å². The van der Waals surface area contributed by atoms with Gasteiger partial charge in [-0.15, -0.1) is 21.5 Å². The fourth-order valence-electron chi connectivity index (χ4n) is 2.06. The molecule has 0 saturated heterocycles. The third-order valence-electron chi connectivity index (χ3n) is 3.17. The zero-order valence-corrected chi connectivity index (χ0v) is 12.7. The highest BCUT2D eigenvalue weighted by molar-refractivity contribution is 7.13. The van der Waals surface area contributed by atoms with Crippen LogP contribution in [0.1, 0.15) is 5.69 Å². The van der Waals surface area contributed by atoms with Crippen molar-refractivity contribution < 1.29 is 13.7 Å². The van der Waals surface area contributed by atoms with Crippen LogP contribution < -0.4 is 4.74 Å². The summed E-state index contributed by atoms with van der Waals surface area (Å²) < 4.78 is 16.2. The maximum Gasteiger partial charge on any atom is 0.247 e. The van der Waals surface area contributed by atoms with Crippen LogP contribution in [0.25, 0.3) is 22.1 Å². The standard InChI is InChI=1S/C16H11N3O3S/c1-2-15(23-7-1)14-8-12(19-22-14)9-20-13-5-3-11(4-6-13)16-18-17-10-21-16/h1-8,10H,9H2. The molecule has 0 unspecified atom stereocenters. The minimum absolute atomic E-state index is 0.342. The van der Waals surface area contributed by atoms with Crippen LogP contribution in [0.3, 0.4) is 0 Å². The van der Waals surface area contributed by atoms with Gasteiger partial charge in [0.25, 0.3) is 0 Å². The van der Waals surface area contributed by atoms with Crippen LogP contribution in [0.15, 0.2) is 63.2 Å². The SMILES string of the molecule is c1csc(-c2cc(COc3ccc(-c4nnco4)cc3)no2)c1. The van der Waals surface area contributed by atoms with Crippen molar-refractivity contribution in [2.45, 2.75) is 6.61 Å². The summed E-state index contributed by atoms with van der Waals surface area (Å²) in [6.07, 6.45) is 1.30. The van der Waals surface area contributed by atoms with Crippen molar-refractivity contribution in [2.24, 2.45) is 0 Å². The van der Waals surface area contributed by atoms with Crippen molar-refractivity contribution in [3.63, 3.8) is 0 Å². The normalized spacial score (nSPS) is 10.8. The highest BCUT2D eigenvalue weighted by atomic mass is 32.1. The van der Waals surface area contributed by atoms with Crippen LogP contribution in [0.2, 0.25) is 0 Å². The van der Waals surface area contributed by atoms with Gasteiger partial charge in [-0.05, 0) is 35.7 Å². The maximum atomic E-state index is 5.71. The van der Waals surface area contributed by atoms with Crippen molar-refractivity contribution in [2.75, 3.05) is 0 Å². The van der Waals surface area contributed by atoms with E-state index in [4.69, 9.17) is 13.7 Å². The Bertz CT molecular complexity index is 868. The van der Waals surface area contributed by atoms with Crippen LogP contribution in [-0.4, -0.2) is 15.4 Å². The number of nitrogens with zero attached hydrogens (tertiary/aromatic N) is 3. The third-order valence-corrected chi connectivity index (χ3v) is 4.06. The third kappa shape index (κ3) is 3.00. The van der Waals surface area contributed by atoms with Gasteiger partial charge in [0.1, 0.15) is 18.1 Å². The second kappa shape index (κ2) is 6.05. The number of hydrogen-bond acceptors (Lipinski definition) is 7. The highest BCUT2D eigenvalue weighted by Gasteiger charge is 2.08. The van der Waals surface area contributed by atoms with Crippen LogP contribution in [-0.2, 0) is 6.61 Å². The van der Waals surface area contributed by atoms with Gasteiger partial charge in [-0.1, -0.05) is 11.2 Å². The van der Waals surface area contributed by atoms with Crippen molar-refractivity contribution in [1.29, 1.82) is 0 Å². The Morgan fingerprint density at radius 3 is 2.78 bits per heavy atom. The average molecular weight is 325 g/mol. The van der Waals surface area contributed by atoms with Crippen molar-refractivity contribution in [1.82, 2.24) is 15.4 Å². The van der Waals surface area contributed by atoms with Crippen LogP contribution in [0.5, 0.6) is 5.75 Å². The van der Waals surface area contributed by atoms with E-state index in [1.165, 1.54) is 6.39 Å². The first-order chi connectivity index (χ1) is 11.4.